The molecule has 2 aromatic rings. The summed E-state index contributed by atoms with van der Waals surface area (Å²) in [7, 11) is 0. The topological polar surface area (TPSA) is 69.8 Å². The van der Waals surface area contributed by atoms with E-state index in [1.165, 1.54) is 0 Å². The van der Waals surface area contributed by atoms with Crippen LogP contribution in [0.1, 0.15) is 17.0 Å². The molecule has 2 heterocycles. The summed E-state index contributed by atoms with van der Waals surface area (Å²) in [5, 5.41) is 5.45. The minimum absolute atomic E-state index is 0.00521. The number of carbonyl (C=O) groups is 1. The Labute approximate surface area is 136 Å². The summed E-state index contributed by atoms with van der Waals surface area (Å²) < 4.78 is 77.9. The molecule has 0 spiro atoms. The van der Waals surface area contributed by atoms with E-state index in [9.17, 15) is 31.1 Å². The van der Waals surface area contributed by atoms with Crippen LogP contribution in [0.15, 0.2) is 12.1 Å². The highest BCUT2D eigenvalue weighted by Crippen LogP contribution is 2.39. The van der Waals surface area contributed by atoms with Crippen LogP contribution >= 0.6 is 0 Å². The first kappa shape index (κ1) is 17.5. The SMILES string of the molecule is O=C1NCCNC1Cc1nc2cc(C(F)(F)F)cc(C(F)(F)F)c2[nH]1. The third-order valence-corrected chi connectivity index (χ3v) is 3.80. The Morgan fingerprint density at radius 1 is 1.08 bits per heavy atom. The van der Waals surface area contributed by atoms with Crippen molar-refractivity contribution in [2.24, 2.45) is 0 Å². The number of alkyl halides is 6. The standard InChI is InChI=1S/C14H12F6N4O/c15-13(16,17)6-3-7(14(18,19)20)11-8(4-6)23-10(24-11)5-9-12(25)22-2-1-21-9/h3-4,9,21H,1-2,5H2,(H,22,25)(H,23,24). The second kappa shape index (κ2) is 5.90. The van der Waals surface area contributed by atoms with E-state index in [1.54, 1.807) is 0 Å². The van der Waals surface area contributed by atoms with Gasteiger partial charge in [0.15, 0.2) is 0 Å². The minimum atomic E-state index is -4.98. The van der Waals surface area contributed by atoms with E-state index in [2.05, 4.69) is 20.6 Å². The third kappa shape index (κ3) is 3.55. The molecule has 0 radical (unpaired) electrons. The number of nitrogens with one attached hydrogen (secondary N) is 3. The zero-order valence-electron chi connectivity index (χ0n) is 12.5. The van der Waals surface area contributed by atoms with Crippen LogP contribution in [-0.4, -0.2) is 35.0 Å². The summed E-state index contributed by atoms with van der Waals surface area (Å²) in [5.41, 5.74) is -3.86. The Bertz CT molecular complexity index is 810. The first-order valence-electron chi connectivity index (χ1n) is 7.24. The van der Waals surface area contributed by atoms with E-state index >= 15 is 0 Å². The first-order chi connectivity index (χ1) is 11.6. The van der Waals surface area contributed by atoms with E-state index in [1.807, 2.05) is 0 Å². The molecule has 1 saturated heterocycles. The van der Waals surface area contributed by atoms with E-state index in [-0.39, 0.29) is 24.2 Å². The zero-order valence-corrected chi connectivity index (χ0v) is 12.5. The van der Waals surface area contributed by atoms with Crippen molar-refractivity contribution in [2.45, 2.75) is 24.8 Å². The maximum Gasteiger partial charge on any atom is 0.418 e. The number of carbonyl (C=O) groups excluding carboxylic acids is 1. The number of halogens is 6. The number of H-pyrrole nitrogens is 1. The largest absolute Gasteiger partial charge is 0.418 e. The van der Waals surface area contributed by atoms with Crippen molar-refractivity contribution < 1.29 is 31.1 Å². The molecule has 25 heavy (non-hydrogen) atoms. The van der Waals surface area contributed by atoms with Gasteiger partial charge in [-0.2, -0.15) is 26.3 Å². The Morgan fingerprint density at radius 2 is 1.80 bits per heavy atom. The summed E-state index contributed by atoms with van der Waals surface area (Å²) in [6.45, 7) is 0.894. The maximum atomic E-state index is 13.1. The maximum absolute atomic E-state index is 13.1. The lowest BCUT2D eigenvalue weighted by Gasteiger charge is -2.22. The molecule has 1 aromatic heterocycles. The number of nitrogens with zero attached hydrogens (tertiary/aromatic N) is 1. The summed E-state index contributed by atoms with van der Waals surface area (Å²) >= 11 is 0. The number of fused-ring (bicyclic) bond motifs is 1. The number of aromatic nitrogens is 2. The third-order valence-electron chi connectivity index (χ3n) is 3.80. The quantitative estimate of drug-likeness (QED) is 0.714. The lowest BCUT2D eigenvalue weighted by molar-refractivity contribution is -0.142. The molecule has 1 aliphatic heterocycles. The molecule has 1 aromatic carbocycles. The summed E-state index contributed by atoms with van der Waals surface area (Å²) in [6.07, 6.45) is -9.99. The second-order valence-electron chi connectivity index (χ2n) is 5.60. The minimum Gasteiger partial charge on any atom is -0.353 e. The molecule has 11 heteroatoms. The monoisotopic (exact) mass is 366 g/mol. The molecule has 1 amide bonds. The highest BCUT2D eigenvalue weighted by Gasteiger charge is 2.39. The van der Waals surface area contributed by atoms with Gasteiger partial charge in [-0.15, -0.1) is 0 Å². The van der Waals surface area contributed by atoms with E-state index in [4.69, 9.17) is 0 Å². The van der Waals surface area contributed by atoms with Gasteiger partial charge in [0.05, 0.1) is 28.2 Å². The molecule has 1 aliphatic rings. The number of piperazine rings is 1. The summed E-state index contributed by atoms with van der Waals surface area (Å²) in [5.74, 6) is -0.354. The van der Waals surface area contributed by atoms with E-state index in [0.717, 1.165) is 0 Å². The number of amides is 1. The van der Waals surface area contributed by atoms with Gasteiger partial charge in [-0.1, -0.05) is 0 Å². The van der Waals surface area contributed by atoms with Gasteiger partial charge in [0, 0.05) is 19.5 Å². The van der Waals surface area contributed by atoms with Crippen LogP contribution in [0.5, 0.6) is 0 Å². The normalized spacial score (nSPS) is 19.3. The van der Waals surface area contributed by atoms with Gasteiger partial charge >= 0.3 is 12.4 Å². The first-order valence-corrected chi connectivity index (χ1v) is 7.24. The predicted molar refractivity (Wildman–Crippen MR) is 74.6 cm³/mol. The average Bonchev–Trinajstić information content (AvgIpc) is 2.88. The molecule has 1 unspecified atom stereocenters. The van der Waals surface area contributed by atoms with Gasteiger partial charge in [-0.3, -0.25) is 4.79 Å². The van der Waals surface area contributed by atoms with Crippen LogP contribution in [0.2, 0.25) is 0 Å². The van der Waals surface area contributed by atoms with E-state index in [0.29, 0.717) is 19.2 Å². The van der Waals surface area contributed by atoms with Gasteiger partial charge in [0.2, 0.25) is 5.91 Å². The zero-order chi connectivity index (χ0) is 18.4. The Hall–Kier alpha value is -2.30. The fourth-order valence-electron chi connectivity index (χ4n) is 2.65. The fourth-order valence-corrected chi connectivity index (χ4v) is 2.65. The summed E-state index contributed by atoms with van der Waals surface area (Å²) in [6, 6.07) is -0.111. The molecular weight excluding hydrogens is 354 g/mol. The number of aromatic amines is 1. The van der Waals surface area contributed by atoms with Crippen molar-refractivity contribution >= 4 is 16.9 Å². The lowest BCUT2D eigenvalue weighted by atomic mass is 10.1. The number of imidazole rings is 1. The number of hydrogen-bond donors (Lipinski definition) is 3. The van der Waals surface area contributed by atoms with Crippen LogP contribution < -0.4 is 10.6 Å². The van der Waals surface area contributed by atoms with Crippen LogP contribution in [0.4, 0.5) is 26.3 Å². The fraction of sp³-hybridized carbons (Fsp3) is 0.429. The highest BCUT2D eigenvalue weighted by atomic mass is 19.4. The second-order valence-corrected chi connectivity index (χ2v) is 5.60. The molecular formula is C14H12F6N4O. The van der Waals surface area contributed by atoms with Crippen molar-refractivity contribution in [1.29, 1.82) is 0 Å². The van der Waals surface area contributed by atoms with Gasteiger partial charge in [0.25, 0.3) is 0 Å². The average molecular weight is 366 g/mol. The van der Waals surface area contributed by atoms with Crippen molar-refractivity contribution in [3.8, 4) is 0 Å². The highest BCUT2D eigenvalue weighted by molar-refractivity contribution is 5.83. The van der Waals surface area contributed by atoms with Gasteiger partial charge in [0.1, 0.15) is 5.82 Å². The molecule has 1 atom stereocenters. The van der Waals surface area contributed by atoms with Crippen molar-refractivity contribution in [2.75, 3.05) is 13.1 Å². The molecule has 136 valence electrons. The van der Waals surface area contributed by atoms with Crippen LogP contribution in [-0.2, 0) is 23.6 Å². The Balaban J connectivity index is 2.04. The van der Waals surface area contributed by atoms with Crippen molar-refractivity contribution in [3.05, 3.63) is 29.1 Å². The van der Waals surface area contributed by atoms with Crippen molar-refractivity contribution in [1.82, 2.24) is 20.6 Å². The predicted octanol–water partition coefficient (Wildman–Crippen LogP) is 2.23. The van der Waals surface area contributed by atoms with Crippen LogP contribution in [0.3, 0.4) is 0 Å². The number of hydrogen-bond acceptors (Lipinski definition) is 3. The molecule has 5 nitrogen and oxygen atoms in total. The molecule has 1 fully saturated rings. The molecule has 0 aliphatic carbocycles. The lowest BCUT2D eigenvalue weighted by Crippen LogP contribution is -2.53. The van der Waals surface area contributed by atoms with Crippen LogP contribution in [0.25, 0.3) is 11.0 Å². The number of rotatable bonds is 2. The van der Waals surface area contributed by atoms with E-state index < -0.39 is 40.6 Å². The molecule has 3 rings (SSSR count). The Kier molecular flexibility index (Phi) is 4.13. The van der Waals surface area contributed by atoms with Gasteiger partial charge < -0.3 is 15.6 Å². The smallest absolute Gasteiger partial charge is 0.353 e. The van der Waals surface area contributed by atoms with Crippen molar-refractivity contribution in [3.63, 3.8) is 0 Å². The number of benzene rings is 1. The van der Waals surface area contributed by atoms with Gasteiger partial charge in [-0.05, 0) is 12.1 Å². The molecule has 0 saturated carbocycles. The molecule has 0 bridgehead atoms. The Morgan fingerprint density at radius 3 is 2.40 bits per heavy atom. The molecule has 3 N–H and O–H groups in total. The van der Waals surface area contributed by atoms with Gasteiger partial charge in [-0.25, -0.2) is 4.98 Å². The summed E-state index contributed by atoms with van der Waals surface area (Å²) in [4.78, 5) is 17.9. The van der Waals surface area contributed by atoms with Crippen LogP contribution in [0, 0.1) is 0 Å².